The van der Waals surface area contributed by atoms with E-state index >= 15 is 0 Å². The lowest BCUT2D eigenvalue weighted by atomic mass is 10.1. The summed E-state index contributed by atoms with van der Waals surface area (Å²) in [6.45, 7) is 4.66. The fraction of sp³-hybridized carbons (Fsp3) is 0.316. The Balaban J connectivity index is 1.55. The summed E-state index contributed by atoms with van der Waals surface area (Å²) in [7, 11) is 0. The molecule has 8 heteroatoms. The summed E-state index contributed by atoms with van der Waals surface area (Å²) in [6.07, 6.45) is 0. The van der Waals surface area contributed by atoms with Gasteiger partial charge in [0.25, 0.3) is 11.6 Å². The molecule has 1 saturated heterocycles. The molecular weight excluding hydrogens is 370 g/mol. The van der Waals surface area contributed by atoms with Crippen LogP contribution >= 0.6 is 11.6 Å². The third-order valence-corrected chi connectivity index (χ3v) is 4.71. The molecule has 1 N–H and O–H groups in total. The van der Waals surface area contributed by atoms with Gasteiger partial charge in [-0.2, -0.15) is 0 Å². The Hall–Kier alpha value is -2.48. The number of morpholine rings is 1. The monoisotopic (exact) mass is 389 g/mol. The van der Waals surface area contributed by atoms with Crippen molar-refractivity contribution in [1.29, 1.82) is 0 Å². The molecule has 2 aromatic carbocycles. The number of nitro benzene ring substituents is 1. The van der Waals surface area contributed by atoms with Crippen LogP contribution in [-0.2, 0) is 17.8 Å². The Kier molecular flexibility index (Phi) is 6.39. The highest BCUT2D eigenvalue weighted by Gasteiger charge is 2.15. The van der Waals surface area contributed by atoms with Gasteiger partial charge in [-0.25, -0.2) is 0 Å². The van der Waals surface area contributed by atoms with Crippen LogP contribution in [0.25, 0.3) is 0 Å². The number of hydrogen-bond donors (Lipinski definition) is 1. The number of non-ortho nitro benzene ring substituents is 1. The number of amides is 1. The molecule has 142 valence electrons. The first-order valence-corrected chi connectivity index (χ1v) is 9.01. The molecule has 0 saturated carbocycles. The minimum Gasteiger partial charge on any atom is -0.379 e. The summed E-state index contributed by atoms with van der Waals surface area (Å²) < 4.78 is 5.35. The standard InChI is InChI=1S/C19H20ClN3O4/c20-18-11-16(23(25)26)5-6-17(18)19(24)21-12-14-1-3-15(4-2-14)13-22-7-9-27-10-8-22/h1-6,11H,7-10,12-13H2,(H,21,24). The lowest BCUT2D eigenvalue weighted by Crippen LogP contribution is -2.35. The van der Waals surface area contributed by atoms with Crippen molar-refractivity contribution in [3.63, 3.8) is 0 Å². The van der Waals surface area contributed by atoms with Crippen LogP contribution in [0.2, 0.25) is 5.02 Å². The van der Waals surface area contributed by atoms with Crippen LogP contribution in [0.15, 0.2) is 42.5 Å². The second kappa shape index (κ2) is 8.94. The Morgan fingerprint density at radius 3 is 2.44 bits per heavy atom. The molecule has 2 aromatic rings. The number of carbonyl (C=O) groups is 1. The van der Waals surface area contributed by atoms with Gasteiger partial charge in [-0.15, -0.1) is 0 Å². The van der Waals surface area contributed by atoms with Crippen molar-refractivity contribution in [2.45, 2.75) is 13.1 Å². The van der Waals surface area contributed by atoms with Gasteiger partial charge in [-0.1, -0.05) is 35.9 Å². The van der Waals surface area contributed by atoms with Crippen LogP contribution in [0.5, 0.6) is 0 Å². The molecule has 1 heterocycles. The molecule has 0 unspecified atom stereocenters. The Labute approximate surface area is 162 Å². The summed E-state index contributed by atoms with van der Waals surface area (Å²) in [4.78, 5) is 24.8. The van der Waals surface area contributed by atoms with Crippen molar-refractivity contribution in [3.8, 4) is 0 Å². The number of carbonyl (C=O) groups excluding carboxylic acids is 1. The predicted octanol–water partition coefficient (Wildman–Crippen LogP) is 3.01. The van der Waals surface area contributed by atoms with Gasteiger partial charge in [0, 0.05) is 38.3 Å². The summed E-state index contributed by atoms with van der Waals surface area (Å²) >= 11 is 5.98. The van der Waals surface area contributed by atoms with Crippen molar-refractivity contribution >= 4 is 23.2 Å². The Morgan fingerprint density at radius 1 is 1.15 bits per heavy atom. The van der Waals surface area contributed by atoms with Crippen molar-refractivity contribution in [2.75, 3.05) is 26.3 Å². The maximum absolute atomic E-state index is 12.3. The maximum atomic E-state index is 12.3. The van der Waals surface area contributed by atoms with Crippen LogP contribution in [-0.4, -0.2) is 42.0 Å². The quantitative estimate of drug-likeness (QED) is 0.606. The van der Waals surface area contributed by atoms with Gasteiger partial charge in [0.15, 0.2) is 0 Å². The summed E-state index contributed by atoms with van der Waals surface area (Å²) in [5.41, 5.74) is 2.25. The van der Waals surface area contributed by atoms with Crippen LogP contribution < -0.4 is 5.32 Å². The zero-order valence-electron chi connectivity index (χ0n) is 14.7. The highest BCUT2D eigenvalue weighted by atomic mass is 35.5. The largest absolute Gasteiger partial charge is 0.379 e. The van der Waals surface area contributed by atoms with Crippen LogP contribution in [0.1, 0.15) is 21.5 Å². The lowest BCUT2D eigenvalue weighted by Gasteiger charge is -2.26. The number of nitrogens with one attached hydrogen (secondary N) is 1. The molecule has 0 atom stereocenters. The van der Waals surface area contributed by atoms with Crippen LogP contribution in [0.3, 0.4) is 0 Å². The van der Waals surface area contributed by atoms with Gasteiger partial charge in [-0.05, 0) is 17.2 Å². The highest BCUT2D eigenvalue weighted by Crippen LogP contribution is 2.22. The zero-order chi connectivity index (χ0) is 19.2. The van der Waals surface area contributed by atoms with Crippen molar-refractivity contribution in [1.82, 2.24) is 10.2 Å². The van der Waals surface area contributed by atoms with E-state index in [0.717, 1.165) is 38.4 Å². The predicted molar refractivity (Wildman–Crippen MR) is 102 cm³/mol. The molecule has 3 rings (SSSR count). The van der Waals surface area contributed by atoms with Crippen LogP contribution in [0.4, 0.5) is 5.69 Å². The van der Waals surface area contributed by atoms with E-state index in [4.69, 9.17) is 16.3 Å². The van der Waals surface area contributed by atoms with Gasteiger partial charge < -0.3 is 10.1 Å². The normalized spacial score (nSPS) is 14.7. The van der Waals surface area contributed by atoms with E-state index in [9.17, 15) is 14.9 Å². The summed E-state index contributed by atoms with van der Waals surface area (Å²) in [6, 6.07) is 11.9. The lowest BCUT2D eigenvalue weighted by molar-refractivity contribution is -0.384. The van der Waals surface area contributed by atoms with E-state index < -0.39 is 4.92 Å². The number of rotatable bonds is 6. The van der Waals surface area contributed by atoms with Gasteiger partial charge in [0.05, 0.1) is 28.7 Å². The van der Waals surface area contributed by atoms with E-state index in [-0.39, 0.29) is 22.2 Å². The third-order valence-electron chi connectivity index (χ3n) is 4.39. The minimum absolute atomic E-state index is 0.0579. The Bertz CT molecular complexity index is 820. The van der Waals surface area contributed by atoms with Crippen molar-refractivity contribution < 1.29 is 14.5 Å². The number of nitrogens with zero attached hydrogens (tertiary/aromatic N) is 2. The molecule has 0 aliphatic carbocycles. The Morgan fingerprint density at radius 2 is 1.81 bits per heavy atom. The molecule has 0 radical (unpaired) electrons. The molecule has 1 aliphatic rings. The van der Waals surface area contributed by atoms with Gasteiger partial charge in [-0.3, -0.25) is 19.8 Å². The first kappa shape index (κ1) is 19.3. The topological polar surface area (TPSA) is 84.7 Å². The van der Waals surface area contributed by atoms with E-state index in [1.807, 2.05) is 12.1 Å². The second-order valence-electron chi connectivity index (χ2n) is 6.31. The van der Waals surface area contributed by atoms with E-state index in [1.165, 1.54) is 23.8 Å². The average molecular weight is 390 g/mol. The number of nitro groups is 1. The number of halogens is 1. The molecular formula is C19H20ClN3O4. The molecule has 1 amide bonds. The number of benzene rings is 2. The van der Waals surface area contributed by atoms with Gasteiger partial charge in [0.2, 0.25) is 0 Å². The van der Waals surface area contributed by atoms with Gasteiger partial charge >= 0.3 is 0 Å². The third kappa shape index (κ3) is 5.26. The van der Waals surface area contributed by atoms with E-state index in [2.05, 4.69) is 22.3 Å². The fourth-order valence-corrected chi connectivity index (χ4v) is 3.12. The SMILES string of the molecule is O=C(NCc1ccc(CN2CCOCC2)cc1)c1ccc([N+](=O)[O-])cc1Cl. The van der Waals surface area contributed by atoms with E-state index in [1.54, 1.807) is 0 Å². The van der Waals surface area contributed by atoms with Gasteiger partial charge in [0.1, 0.15) is 0 Å². The molecule has 0 bridgehead atoms. The number of ether oxygens (including phenoxy) is 1. The fourth-order valence-electron chi connectivity index (χ4n) is 2.86. The summed E-state index contributed by atoms with van der Waals surface area (Å²) in [5.74, 6) is -0.368. The minimum atomic E-state index is -0.550. The highest BCUT2D eigenvalue weighted by molar-refractivity contribution is 6.34. The zero-order valence-corrected chi connectivity index (χ0v) is 15.4. The molecule has 1 aliphatic heterocycles. The molecule has 1 fully saturated rings. The molecule has 27 heavy (non-hydrogen) atoms. The second-order valence-corrected chi connectivity index (χ2v) is 6.72. The number of hydrogen-bond acceptors (Lipinski definition) is 5. The first-order chi connectivity index (χ1) is 13.0. The van der Waals surface area contributed by atoms with Crippen LogP contribution in [0, 0.1) is 10.1 Å². The summed E-state index contributed by atoms with van der Waals surface area (Å²) in [5, 5.41) is 13.6. The maximum Gasteiger partial charge on any atom is 0.270 e. The van der Waals surface area contributed by atoms with E-state index in [0.29, 0.717) is 6.54 Å². The first-order valence-electron chi connectivity index (χ1n) is 8.63. The smallest absolute Gasteiger partial charge is 0.270 e. The molecule has 0 spiro atoms. The molecule has 7 nitrogen and oxygen atoms in total. The molecule has 0 aromatic heterocycles. The van der Waals surface area contributed by atoms with Crippen molar-refractivity contribution in [2.24, 2.45) is 0 Å². The van der Waals surface area contributed by atoms with Crippen molar-refractivity contribution in [3.05, 3.63) is 74.3 Å². The average Bonchev–Trinajstić information content (AvgIpc) is 2.68.